The van der Waals surface area contributed by atoms with E-state index >= 15 is 0 Å². The van der Waals surface area contributed by atoms with Crippen molar-refractivity contribution in [1.29, 1.82) is 0 Å². The smallest absolute Gasteiger partial charge is 0.0594 e. The maximum Gasteiger partial charge on any atom is 0.0594 e. The third kappa shape index (κ3) is 5.06. The number of morpholine rings is 1. The second-order valence-electron chi connectivity index (χ2n) is 5.30. The Balaban J connectivity index is 1.90. The van der Waals surface area contributed by atoms with E-state index in [1.165, 1.54) is 5.56 Å². The molecule has 2 rings (SSSR count). The number of hydrogen-bond donors (Lipinski definition) is 1. The molecule has 0 aromatic heterocycles. The van der Waals surface area contributed by atoms with E-state index in [2.05, 4.69) is 29.3 Å². The third-order valence-electron chi connectivity index (χ3n) is 3.75. The second kappa shape index (κ2) is 8.63. The average Bonchev–Trinajstić information content (AvgIpc) is 2.50. The molecule has 0 amide bonds. The van der Waals surface area contributed by atoms with Gasteiger partial charge in [0.1, 0.15) is 0 Å². The minimum absolute atomic E-state index is 0.412. The Morgan fingerprint density at radius 3 is 2.60 bits per heavy atom. The van der Waals surface area contributed by atoms with E-state index in [1.807, 2.05) is 12.1 Å². The van der Waals surface area contributed by atoms with E-state index in [9.17, 15) is 0 Å². The van der Waals surface area contributed by atoms with Crippen molar-refractivity contribution in [3.63, 3.8) is 0 Å². The first-order valence-electron chi connectivity index (χ1n) is 7.58. The van der Waals surface area contributed by atoms with E-state index in [-0.39, 0.29) is 0 Å². The molecule has 0 spiro atoms. The molecule has 20 heavy (non-hydrogen) atoms. The lowest BCUT2D eigenvalue weighted by atomic mass is 10.0. The van der Waals surface area contributed by atoms with Crippen LogP contribution in [0.15, 0.2) is 24.3 Å². The predicted molar refractivity (Wildman–Crippen MR) is 84.4 cm³/mol. The van der Waals surface area contributed by atoms with E-state index < -0.39 is 0 Å². The summed E-state index contributed by atoms with van der Waals surface area (Å²) in [5.74, 6) is 0. The highest BCUT2D eigenvalue weighted by atomic mass is 35.5. The largest absolute Gasteiger partial charge is 0.379 e. The summed E-state index contributed by atoms with van der Waals surface area (Å²) < 4.78 is 5.40. The third-order valence-corrected chi connectivity index (χ3v) is 4.00. The molecule has 0 saturated carbocycles. The van der Waals surface area contributed by atoms with Crippen molar-refractivity contribution >= 4 is 11.6 Å². The van der Waals surface area contributed by atoms with Crippen LogP contribution in [0.5, 0.6) is 0 Å². The zero-order valence-corrected chi connectivity index (χ0v) is 13.0. The molecule has 4 heteroatoms. The van der Waals surface area contributed by atoms with Crippen molar-refractivity contribution in [2.24, 2.45) is 0 Å². The van der Waals surface area contributed by atoms with Crippen LogP contribution in [0.2, 0.25) is 5.02 Å². The SMILES string of the molecule is CCCNC(CCN1CCOCC1)c1ccc(Cl)cc1. The van der Waals surface area contributed by atoms with Gasteiger partial charge in [0, 0.05) is 30.7 Å². The first-order valence-corrected chi connectivity index (χ1v) is 7.96. The summed E-state index contributed by atoms with van der Waals surface area (Å²) in [5.41, 5.74) is 1.33. The standard InChI is InChI=1S/C16H25ClN2O/c1-2-8-18-16(14-3-5-15(17)6-4-14)7-9-19-10-12-20-13-11-19/h3-6,16,18H,2,7-13H2,1H3. The van der Waals surface area contributed by atoms with Crippen LogP contribution < -0.4 is 5.32 Å². The quantitative estimate of drug-likeness (QED) is 0.837. The molecule has 1 aromatic rings. The molecule has 1 aliphatic heterocycles. The van der Waals surface area contributed by atoms with Crippen molar-refractivity contribution in [3.8, 4) is 0 Å². The Labute approximate surface area is 127 Å². The van der Waals surface area contributed by atoms with Gasteiger partial charge in [-0.05, 0) is 37.1 Å². The molecule has 1 aromatic carbocycles. The van der Waals surface area contributed by atoms with Gasteiger partial charge in [0.15, 0.2) is 0 Å². The minimum Gasteiger partial charge on any atom is -0.379 e. The van der Waals surface area contributed by atoms with Gasteiger partial charge >= 0.3 is 0 Å². The highest BCUT2D eigenvalue weighted by Crippen LogP contribution is 2.20. The minimum atomic E-state index is 0.412. The number of benzene rings is 1. The van der Waals surface area contributed by atoms with Crippen molar-refractivity contribution in [3.05, 3.63) is 34.9 Å². The summed E-state index contributed by atoms with van der Waals surface area (Å²) in [6.07, 6.45) is 2.28. The van der Waals surface area contributed by atoms with Crippen LogP contribution in [0.4, 0.5) is 0 Å². The van der Waals surface area contributed by atoms with Gasteiger partial charge in [-0.25, -0.2) is 0 Å². The van der Waals surface area contributed by atoms with Crippen LogP contribution in [0.1, 0.15) is 31.4 Å². The fraction of sp³-hybridized carbons (Fsp3) is 0.625. The van der Waals surface area contributed by atoms with Gasteiger partial charge < -0.3 is 10.1 Å². The van der Waals surface area contributed by atoms with Crippen molar-refractivity contribution in [2.75, 3.05) is 39.4 Å². The number of halogens is 1. The van der Waals surface area contributed by atoms with E-state index in [0.29, 0.717) is 6.04 Å². The lowest BCUT2D eigenvalue weighted by Gasteiger charge is -2.29. The summed E-state index contributed by atoms with van der Waals surface area (Å²) in [6.45, 7) is 8.22. The van der Waals surface area contributed by atoms with Gasteiger partial charge in [0.05, 0.1) is 13.2 Å². The fourth-order valence-electron chi connectivity index (χ4n) is 2.54. The van der Waals surface area contributed by atoms with Gasteiger partial charge in [-0.15, -0.1) is 0 Å². The zero-order chi connectivity index (χ0) is 14.2. The Bertz CT molecular complexity index is 377. The predicted octanol–water partition coefficient (Wildman–Crippen LogP) is 3.10. The number of nitrogens with zero attached hydrogens (tertiary/aromatic N) is 1. The summed E-state index contributed by atoms with van der Waals surface area (Å²) in [4.78, 5) is 2.49. The van der Waals surface area contributed by atoms with Crippen LogP contribution in [-0.2, 0) is 4.74 Å². The van der Waals surface area contributed by atoms with Gasteiger partial charge in [-0.3, -0.25) is 4.90 Å². The molecule has 112 valence electrons. The van der Waals surface area contributed by atoms with Crippen LogP contribution in [0, 0.1) is 0 Å². The van der Waals surface area contributed by atoms with Crippen LogP contribution >= 0.6 is 11.6 Å². The molecule has 3 nitrogen and oxygen atoms in total. The number of nitrogens with one attached hydrogen (secondary N) is 1. The molecule has 1 heterocycles. The van der Waals surface area contributed by atoms with E-state index in [4.69, 9.17) is 16.3 Å². The number of ether oxygens (including phenoxy) is 1. The molecule has 0 aliphatic carbocycles. The fourth-order valence-corrected chi connectivity index (χ4v) is 2.66. The van der Waals surface area contributed by atoms with Crippen LogP contribution in [-0.4, -0.2) is 44.3 Å². The Kier molecular flexibility index (Phi) is 6.80. The Morgan fingerprint density at radius 2 is 1.95 bits per heavy atom. The second-order valence-corrected chi connectivity index (χ2v) is 5.74. The van der Waals surface area contributed by atoms with E-state index in [1.54, 1.807) is 0 Å². The molecule has 1 atom stereocenters. The first-order chi connectivity index (χ1) is 9.79. The topological polar surface area (TPSA) is 24.5 Å². The monoisotopic (exact) mass is 296 g/mol. The maximum atomic E-state index is 5.98. The van der Waals surface area contributed by atoms with Crippen molar-refractivity contribution in [1.82, 2.24) is 10.2 Å². The number of rotatable bonds is 7. The number of hydrogen-bond acceptors (Lipinski definition) is 3. The van der Waals surface area contributed by atoms with Crippen LogP contribution in [0.25, 0.3) is 0 Å². The van der Waals surface area contributed by atoms with Gasteiger partial charge in [-0.1, -0.05) is 30.7 Å². The van der Waals surface area contributed by atoms with Gasteiger partial charge in [0.25, 0.3) is 0 Å². The van der Waals surface area contributed by atoms with E-state index in [0.717, 1.165) is 57.3 Å². The van der Waals surface area contributed by atoms with Crippen molar-refractivity contribution < 1.29 is 4.74 Å². The molecular formula is C16H25ClN2O. The summed E-state index contributed by atoms with van der Waals surface area (Å²) in [7, 11) is 0. The zero-order valence-electron chi connectivity index (χ0n) is 12.3. The van der Waals surface area contributed by atoms with Gasteiger partial charge in [-0.2, -0.15) is 0 Å². The normalized spacial score (nSPS) is 18.1. The van der Waals surface area contributed by atoms with Gasteiger partial charge in [0.2, 0.25) is 0 Å². The molecule has 1 aliphatic rings. The summed E-state index contributed by atoms with van der Waals surface area (Å²) in [5, 5.41) is 4.45. The Morgan fingerprint density at radius 1 is 1.25 bits per heavy atom. The lowest BCUT2D eigenvalue weighted by Crippen LogP contribution is -2.38. The average molecular weight is 297 g/mol. The van der Waals surface area contributed by atoms with Crippen molar-refractivity contribution in [2.45, 2.75) is 25.8 Å². The molecule has 1 unspecified atom stereocenters. The molecule has 1 fully saturated rings. The first kappa shape index (κ1) is 15.8. The molecule has 1 saturated heterocycles. The lowest BCUT2D eigenvalue weighted by molar-refractivity contribution is 0.0361. The van der Waals surface area contributed by atoms with Crippen LogP contribution in [0.3, 0.4) is 0 Å². The Hall–Kier alpha value is -0.610. The highest BCUT2D eigenvalue weighted by molar-refractivity contribution is 6.30. The maximum absolute atomic E-state index is 5.98. The molecule has 0 bridgehead atoms. The highest BCUT2D eigenvalue weighted by Gasteiger charge is 2.15. The molecular weight excluding hydrogens is 272 g/mol. The summed E-state index contributed by atoms with van der Waals surface area (Å²) >= 11 is 5.98. The molecule has 1 N–H and O–H groups in total. The molecule has 0 radical (unpaired) electrons. The summed E-state index contributed by atoms with van der Waals surface area (Å²) in [6, 6.07) is 8.64.